The molecule has 0 spiro atoms. The standard InChI is InChI=1S/C16H14BrNO3/c1-11(19)18-15-4-2-3-13(9-15)16(20)21-10-12-5-7-14(17)8-6-12/h2-9H,10H2,1H3,(H,18,19). The third-order valence-electron chi connectivity index (χ3n) is 2.70. The van der Waals surface area contributed by atoms with Crippen molar-refractivity contribution < 1.29 is 14.3 Å². The third kappa shape index (κ3) is 4.72. The third-order valence-corrected chi connectivity index (χ3v) is 3.23. The van der Waals surface area contributed by atoms with Crippen molar-refractivity contribution in [2.75, 3.05) is 5.32 Å². The molecule has 108 valence electrons. The molecule has 0 aromatic heterocycles. The van der Waals surface area contributed by atoms with Crippen LogP contribution >= 0.6 is 15.9 Å². The van der Waals surface area contributed by atoms with Crippen molar-refractivity contribution in [2.24, 2.45) is 0 Å². The molecule has 5 heteroatoms. The molecule has 4 nitrogen and oxygen atoms in total. The van der Waals surface area contributed by atoms with Gasteiger partial charge in [-0.25, -0.2) is 4.79 Å². The number of hydrogen-bond acceptors (Lipinski definition) is 3. The van der Waals surface area contributed by atoms with Gasteiger partial charge in [-0.3, -0.25) is 4.79 Å². The Morgan fingerprint density at radius 1 is 1.14 bits per heavy atom. The van der Waals surface area contributed by atoms with Crippen LogP contribution in [0.3, 0.4) is 0 Å². The highest BCUT2D eigenvalue weighted by Gasteiger charge is 2.08. The van der Waals surface area contributed by atoms with Crippen LogP contribution in [0.5, 0.6) is 0 Å². The lowest BCUT2D eigenvalue weighted by molar-refractivity contribution is -0.114. The predicted molar refractivity (Wildman–Crippen MR) is 84.0 cm³/mol. The zero-order valence-electron chi connectivity index (χ0n) is 11.4. The summed E-state index contributed by atoms with van der Waals surface area (Å²) in [4.78, 5) is 23.0. The fourth-order valence-electron chi connectivity index (χ4n) is 1.74. The summed E-state index contributed by atoms with van der Waals surface area (Å²) in [5.74, 6) is -0.611. The summed E-state index contributed by atoms with van der Waals surface area (Å²) in [5.41, 5.74) is 1.88. The molecule has 2 aromatic rings. The van der Waals surface area contributed by atoms with Crippen molar-refractivity contribution in [2.45, 2.75) is 13.5 Å². The number of carbonyl (C=O) groups excluding carboxylic acids is 2. The summed E-state index contributed by atoms with van der Waals surface area (Å²) < 4.78 is 6.22. The Bertz CT molecular complexity index is 653. The summed E-state index contributed by atoms with van der Waals surface area (Å²) in [6.45, 7) is 1.62. The van der Waals surface area contributed by atoms with Crippen LogP contribution in [0, 0.1) is 0 Å². The molecular formula is C16H14BrNO3. The van der Waals surface area contributed by atoms with E-state index in [1.54, 1.807) is 24.3 Å². The molecule has 0 radical (unpaired) electrons. The van der Waals surface area contributed by atoms with Gasteiger partial charge in [0.05, 0.1) is 5.56 Å². The normalized spacial score (nSPS) is 10.0. The molecule has 0 aliphatic carbocycles. The second-order valence-corrected chi connectivity index (χ2v) is 5.38. The number of hydrogen-bond donors (Lipinski definition) is 1. The zero-order valence-corrected chi connectivity index (χ0v) is 13.0. The number of halogens is 1. The number of amides is 1. The van der Waals surface area contributed by atoms with Crippen LogP contribution in [0.4, 0.5) is 5.69 Å². The van der Waals surface area contributed by atoms with Crippen LogP contribution in [-0.2, 0) is 16.1 Å². The van der Waals surface area contributed by atoms with Gasteiger partial charge in [0.25, 0.3) is 0 Å². The van der Waals surface area contributed by atoms with Crippen LogP contribution < -0.4 is 5.32 Å². The van der Waals surface area contributed by atoms with E-state index in [-0.39, 0.29) is 12.5 Å². The van der Waals surface area contributed by atoms with Crippen LogP contribution in [0.1, 0.15) is 22.8 Å². The van der Waals surface area contributed by atoms with Crippen molar-refractivity contribution in [1.82, 2.24) is 0 Å². The van der Waals surface area contributed by atoms with E-state index in [9.17, 15) is 9.59 Å². The Labute approximate surface area is 131 Å². The molecule has 0 aliphatic heterocycles. The topological polar surface area (TPSA) is 55.4 Å². The summed E-state index contributed by atoms with van der Waals surface area (Å²) in [7, 11) is 0. The minimum Gasteiger partial charge on any atom is -0.457 e. The molecule has 0 fully saturated rings. The summed E-state index contributed by atoms with van der Waals surface area (Å²) >= 11 is 3.35. The van der Waals surface area contributed by atoms with Gasteiger partial charge in [-0.1, -0.05) is 34.1 Å². The molecule has 0 saturated carbocycles. The maximum Gasteiger partial charge on any atom is 0.338 e. The number of benzene rings is 2. The molecule has 1 amide bonds. The van der Waals surface area contributed by atoms with E-state index in [4.69, 9.17) is 4.74 Å². The minimum absolute atomic E-state index is 0.185. The van der Waals surface area contributed by atoms with Crippen molar-refractivity contribution >= 4 is 33.5 Å². The lowest BCUT2D eigenvalue weighted by Crippen LogP contribution is -2.08. The van der Waals surface area contributed by atoms with E-state index in [0.29, 0.717) is 11.3 Å². The van der Waals surface area contributed by atoms with Crippen molar-refractivity contribution in [3.63, 3.8) is 0 Å². The van der Waals surface area contributed by atoms with Crippen LogP contribution in [0.15, 0.2) is 53.0 Å². The first kappa shape index (κ1) is 15.3. The van der Waals surface area contributed by atoms with Crippen LogP contribution in [0.2, 0.25) is 0 Å². The molecule has 21 heavy (non-hydrogen) atoms. The van der Waals surface area contributed by atoms with E-state index in [1.807, 2.05) is 24.3 Å². The average molecular weight is 348 g/mol. The van der Waals surface area contributed by atoms with Gasteiger partial charge in [0.1, 0.15) is 6.61 Å². The van der Waals surface area contributed by atoms with E-state index >= 15 is 0 Å². The fraction of sp³-hybridized carbons (Fsp3) is 0.125. The molecule has 2 aromatic carbocycles. The largest absolute Gasteiger partial charge is 0.457 e. The average Bonchev–Trinajstić information content (AvgIpc) is 2.46. The quantitative estimate of drug-likeness (QED) is 0.856. The van der Waals surface area contributed by atoms with Crippen LogP contribution in [0.25, 0.3) is 0 Å². The minimum atomic E-state index is -0.426. The molecule has 0 saturated heterocycles. The first-order valence-electron chi connectivity index (χ1n) is 6.34. The smallest absolute Gasteiger partial charge is 0.338 e. The zero-order chi connectivity index (χ0) is 15.2. The van der Waals surface area contributed by atoms with Crippen molar-refractivity contribution in [1.29, 1.82) is 0 Å². The highest BCUT2D eigenvalue weighted by molar-refractivity contribution is 9.10. The highest BCUT2D eigenvalue weighted by Crippen LogP contribution is 2.14. The van der Waals surface area contributed by atoms with Gasteiger partial charge in [-0.05, 0) is 35.9 Å². The SMILES string of the molecule is CC(=O)Nc1cccc(C(=O)OCc2ccc(Br)cc2)c1. The van der Waals surface area contributed by atoms with Gasteiger partial charge in [-0.2, -0.15) is 0 Å². The number of rotatable bonds is 4. The maximum absolute atomic E-state index is 12.0. The second-order valence-electron chi connectivity index (χ2n) is 4.46. The van der Waals surface area contributed by atoms with Crippen molar-refractivity contribution in [3.8, 4) is 0 Å². The van der Waals surface area contributed by atoms with Crippen molar-refractivity contribution in [3.05, 3.63) is 64.1 Å². The number of esters is 1. The monoisotopic (exact) mass is 347 g/mol. The molecule has 0 heterocycles. The number of ether oxygens (including phenoxy) is 1. The van der Waals surface area contributed by atoms with Gasteiger partial charge in [0, 0.05) is 17.1 Å². The molecular weight excluding hydrogens is 334 g/mol. The summed E-state index contributed by atoms with van der Waals surface area (Å²) in [6, 6.07) is 14.2. The van der Waals surface area contributed by atoms with Gasteiger partial charge in [0.2, 0.25) is 5.91 Å². The molecule has 0 bridgehead atoms. The molecule has 2 rings (SSSR count). The Morgan fingerprint density at radius 3 is 2.52 bits per heavy atom. The molecule has 0 atom stereocenters. The maximum atomic E-state index is 12.0. The first-order chi connectivity index (χ1) is 10.0. The van der Waals surface area contributed by atoms with Gasteiger partial charge in [0.15, 0.2) is 0 Å². The molecule has 0 aliphatic rings. The first-order valence-corrected chi connectivity index (χ1v) is 7.13. The molecule has 0 unspecified atom stereocenters. The Kier molecular flexibility index (Phi) is 5.11. The van der Waals surface area contributed by atoms with E-state index in [2.05, 4.69) is 21.2 Å². The number of nitrogens with one attached hydrogen (secondary N) is 1. The van der Waals surface area contributed by atoms with E-state index < -0.39 is 5.97 Å². The predicted octanol–water partition coefficient (Wildman–Crippen LogP) is 3.76. The number of carbonyl (C=O) groups is 2. The summed E-state index contributed by atoms with van der Waals surface area (Å²) in [6.07, 6.45) is 0. The molecule has 1 N–H and O–H groups in total. The Balaban J connectivity index is 1.99. The van der Waals surface area contributed by atoms with E-state index in [0.717, 1.165) is 10.0 Å². The van der Waals surface area contributed by atoms with Gasteiger partial charge in [-0.15, -0.1) is 0 Å². The van der Waals surface area contributed by atoms with Gasteiger partial charge < -0.3 is 10.1 Å². The Morgan fingerprint density at radius 2 is 1.86 bits per heavy atom. The van der Waals surface area contributed by atoms with Gasteiger partial charge >= 0.3 is 5.97 Å². The Hall–Kier alpha value is -2.14. The summed E-state index contributed by atoms with van der Waals surface area (Å²) in [5, 5.41) is 2.63. The lowest BCUT2D eigenvalue weighted by atomic mass is 10.2. The van der Waals surface area contributed by atoms with Crippen LogP contribution in [-0.4, -0.2) is 11.9 Å². The fourth-order valence-corrected chi connectivity index (χ4v) is 2.00. The number of anilines is 1. The lowest BCUT2D eigenvalue weighted by Gasteiger charge is -2.07. The second kappa shape index (κ2) is 7.04. The van der Waals surface area contributed by atoms with E-state index in [1.165, 1.54) is 6.92 Å². The highest BCUT2D eigenvalue weighted by atomic mass is 79.9.